The maximum atomic E-state index is 13.9. The highest BCUT2D eigenvalue weighted by Gasteiger charge is 2.26. The largest absolute Gasteiger partial charge is 0.388 e. The first-order valence-corrected chi connectivity index (χ1v) is 10.2. The molecule has 31 heavy (non-hydrogen) atoms. The van der Waals surface area contributed by atoms with Gasteiger partial charge in [0.15, 0.2) is 0 Å². The van der Waals surface area contributed by atoms with Gasteiger partial charge in [-0.25, -0.2) is 14.4 Å². The number of aliphatic hydroxyl groups is 1. The Morgan fingerprint density at radius 2 is 1.81 bits per heavy atom. The quantitative estimate of drug-likeness (QED) is 0.473. The Kier molecular flexibility index (Phi) is 5.37. The highest BCUT2D eigenvalue weighted by atomic mass is 35.5. The van der Waals surface area contributed by atoms with E-state index in [0.29, 0.717) is 32.9 Å². The van der Waals surface area contributed by atoms with Crippen molar-refractivity contribution in [1.29, 1.82) is 0 Å². The van der Waals surface area contributed by atoms with Gasteiger partial charge in [0.1, 0.15) is 11.3 Å². The van der Waals surface area contributed by atoms with Crippen LogP contribution in [-0.2, 0) is 0 Å². The van der Waals surface area contributed by atoms with Crippen LogP contribution in [0.4, 0.5) is 4.39 Å². The average molecular weight is 438 g/mol. The minimum absolute atomic E-state index is 0.310. The lowest BCUT2D eigenvalue weighted by molar-refractivity contribution is 0.0290. The van der Waals surface area contributed by atoms with Crippen molar-refractivity contribution in [2.24, 2.45) is 0 Å². The molecule has 7 heteroatoms. The van der Waals surface area contributed by atoms with Crippen molar-refractivity contribution in [2.75, 3.05) is 0 Å². The molecule has 0 saturated heterocycles. The number of rotatable bonds is 4. The van der Waals surface area contributed by atoms with Gasteiger partial charge in [-0.3, -0.25) is 9.36 Å². The minimum Gasteiger partial charge on any atom is -0.388 e. The van der Waals surface area contributed by atoms with E-state index in [1.807, 2.05) is 0 Å². The molecule has 4 rings (SSSR count). The molecular weight excluding hydrogens is 417 g/mol. The molecule has 0 amide bonds. The van der Waals surface area contributed by atoms with E-state index in [0.717, 1.165) is 5.56 Å². The van der Waals surface area contributed by atoms with E-state index in [2.05, 4.69) is 4.98 Å². The van der Waals surface area contributed by atoms with Crippen LogP contribution in [0, 0.1) is 5.82 Å². The van der Waals surface area contributed by atoms with Gasteiger partial charge in [-0.15, -0.1) is 0 Å². The number of pyridine rings is 1. The molecule has 4 aromatic rings. The molecule has 2 aromatic heterocycles. The maximum Gasteiger partial charge on any atom is 0.261 e. The van der Waals surface area contributed by atoms with Gasteiger partial charge in [0.05, 0.1) is 34.7 Å². The van der Waals surface area contributed by atoms with Gasteiger partial charge in [-0.1, -0.05) is 35.9 Å². The van der Waals surface area contributed by atoms with Crippen LogP contribution in [-0.4, -0.2) is 25.2 Å². The van der Waals surface area contributed by atoms with Gasteiger partial charge >= 0.3 is 0 Å². The SMILES string of the molecule is C[C@@H](n1cnc2c(-c3cccc(F)c3)nc(-c3ccc(Cl)cc3)cc2c1=O)C(C)(C)O. The van der Waals surface area contributed by atoms with Crippen molar-refractivity contribution in [3.8, 4) is 22.5 Å². The fourth-order valence-electron chi connectivity index (χ4n) is 3.37. The number of hydrogen-bond acceptors (Lipinski definition) is 4. The van der Waals surface area contributed by atoms with Crippen LogP contribution in [0.15, 0.2) is 65.7 Å². The summed E-state index contributed by atoms with van der Waals surface area (Å²) in [6.07, 6.45) is 1.40. The number of benzene rings is 2. The van der Waals surface area contributed by atoms with Gasteiger partial charge in [-0.2, -0.15) is 0 Å². The summed E-state index contributed by atoms with van der Waals surface area (Å²) in [6.45, 7) is 5.03. The summed E-state index contributed by atoms with van der Waals surface area (Å²) in [5.74, 6) is -0.409. The van der Waals surface area contributed by atoms with E-state index < -0.39 is 17.5 Å². The normalized spacial score (nSPS) is 12.8. The topological polar surface area (TPSA) is 68.0 Å². The number of fused-ring (bicyclic) bond motifs is 1. The molecule has 5 nitrogen and oxygen atoms in total. The molecule has 2 aromatic carbocycles. The van der Waals surface area contributed by atoms with E-state index in [4.69, 9.17) is 16.6 Å². The molecular formula is C24H21ClFN3O2. The smallest absolute Gasteiger partial charge is 0.261 e. The summed E-state index contributed by atoms with van der Waals surface area (Å²) < 4.78 is 15.4. The van der Waals surface area contributed by atoms with Gasteiger partial charge in [0.25, 0.3) is 5.56 Å². The zero-order valence-electron chi connectivity index (χ0n) is 17.3. The van der Waals surface area contributed by atoms with E-state index >= 15 is 0 Å². The monoisotopic (exact) mass is 437 g/mol. The van der Waals surface area contributed by atoms with Gasteiger partial charge in [0, 0.05) is 16.1 Å². The van der Waals surface area contributed by atoms with E-state index in [1.54, 1.807) is 63.2 Å². The van der Waals surface area contributed by atoms with Crippen molar-refractivity contribution >= 4 is 22.5 Å². The van der Waals surface area contributed by atoms with E-state index in [-0.39, 0.29) is 5.56 Å². The molecule has 0 aliphatic rings. The second-order valence-corrected chi connectivity index (χ2v) is 8.49. The second kappa shape index (κ2) is 7.87. The highest BCUT2D eigenvalue weighted by molar-refractivity contribution is 6.30. The van der Waals surface area contributed by atoms with Crippen molar-refractivity contribution in [2.45, 2.75) is 32.4 Å². The van der Waals surface area contributed by atoms with Crippen LogP contribution in [0.3, 0.4) is 0 Å². The summed E-state index contributed by atoms with van der Waals surface area (Å²) in [5.41, 5.74) is 1.15. The van der Waals surface area contributed by atoms with Crippen molar-refractivity contribution < 1.29 is 9.50 Å². The molecule has 0 fully saturated rings. The van der Waals surface area contributed by atoms with Gasteiger partial charge in [0.2, 0.25) is 0 Å². The lowest BCUT2D eigenvalue weighted by Crippen LogP contribution is -2.37. The second-order valence-electron chi connectivity index (χ2n) is 8.06. The summed E-state index contributed by atoms with van der Waals surface area (Å²) in [5, 5.41) is 11.3. The Balaban J connectivity index is 2.04. The van der Waals surface area contributed by atoms with Crippen LogP contribution in [0.25, 0.3) is 33.4 Å². The first kappa shape index (κ1) is 21.2. The summed E-state index contributed by atoms with van der Waals surface area (Å²) in [4.78, 5) is 22.6. The van der Waals surface area contributed by atoms with Crippen LogP contribution in [0.2, 0.25) is 5.02 Å². The molecule has 0 aliphatic heterocycles. The van der Waals surface area contributed by atoms with Crippen LogP contribution in [0.1, 0.15) is 26.8 Å². The van der Waals surface area contributed by atoms with Gasteiger partial charge < -0.3 is 5.11 Å². The molecule has 1 N–H and O–H groups in total. The minimum atomic E-state index is -1.13. The molecule has 0 bridgehead atoms. The Morgan fingerprint density at radius 3 is 2.45 bits per heavy atom. The van der Waals surface area contributed by atoms with Crippen molar-refractivity contribution in [1.82, 2.24) is 14.5 Å². The zero-order chi connectivity index (χ0) is 22.3. The van der Waals surface area contributed by atoms with E-state index in [1.165, 1.54) is 23.0 Å². The molecule has 0 saturated carbocycles. The first-order chi connectivity index (χ1) is 14.6. The van der Waals surface area contributed by atoms with E-state index in [9.17, 15) is 14.3 Å². The molecule has 0 radical (unpaired) electrons. The fourth-order valence-corrected chi connectivity index (χ4v) is 3.49. The highest BCUT2D eigenvalue weighted by Crippen LogP contribution is 2.30. The molecule has 2 heterocycles. The Hall–Kier alpha value is -3.09. The summed E-state index contributed by atoms with van der Waals surface area (Å²) in [6, 6.07) is 14.3. The van der Waals surface area contributed by atoms with Crippen molar-refractivity contribution in [3.63, 3.8) is 0 Å². The molecule has 158 valence electrons. The lowest BCUT2D eigenvalue weighted by Gasteiger charge is -2.27. The number of nitrogens with zero attached hydrogens (tertiary/aromatic N) is 3. The number of halogens is 2. The molecule has 0 unspecified atom stereocenters. The first-order valence-electron chi connectivity index (χ1n) is 9.81. The Labute approximate surface area is 183 Å². The molecule has 0 spiro atoms. The third kappa shape index (κ3) is 4.09. The third-order valence-electron chi connectivity index (χ3n) is 5.45. The molecule has 1 atom stereocenters. The summed E-state index contributed by atoms with van der Waals surface area (Å²) >= 11 is 6.01. The van der Waals surface area contributed by atoms with Crippen LogP contribution in [0.5, 0.6) is 0 Å². The van der Waals surface area contributed by atoms with Gasteiger partial charge in [-0.05, 0) is 51.1 Å². The standard InChI is InChI=1S/C24H21ClFN3O2/c1-14(24(2,3)31)29-13-27-22-19(23(29)30)12-20(15-7-9-17(25)10-8-15)28-21(22)16-5-4-6-18(26)11-16/h4-14,31H,1-3H3/t14-/m1/s1. The van der Waals surface area contributed by atoms with Crippen LogP contribution >= 0.6 is 11.6 Å². The Morgan fingerprint density at radius 1 is 1.10 bits per heavy atom. The maximum absolute atomic E-state index is 13.9. The average Bonchev–Trinajstić information content (AvgIpc) is 2.73. The van der Waals surface area contributed by atoms with Crippen LogP contribution < -0.4 is 5.56 Å². The third-order valence-corrected chi connectivity index (χ3v) is 5.70. The Bertz CT molecular complexity index is 1330. The predicted molar refractivity (Wildman–Crippen MR) is 121 cm³/mol. The number of aromatic nitrogens is 3. The fraction of sp³-hybridized carbons (Fsp3) is 0.208. The zero-order valence-corrected chi connectivity index (χ0v) is 18.1. The predicted octanol–water partition coefficient (Wildman–Crippen LogP) is 5.25. The molecule has 0 aliphatic carbocycles. The summed E-state index contributed by atoms with van der Waals surface area (Å²) in [7, 11) is 0. The van der Waals surface area contributed by atoms with Crippen molar-refractivity contribution in [3.05, 3.63) is 82.1 Å². The lowest BCUT2D eigenvalue weighted by atomic mass is 10.00. The number of hydrogen-bond donors (Lipinski definition) is 1.